The zero-order valence-corrected chi connectivity index (χ0v) is 17.3. The van der Waals surface area contributed by atoms with E-state index in [2.05, 4.69) is 15.6 Å². The molecule has 0 bridgehead atoms. The summed E-state index contributed by atoms with van der Waals surface area (Å²) in [5, 5.41) is 17.5. The van der Waals surface area contributed by atoms with Crippen molar-refractivity contribution < 1.29 is 19.0 Å². The van der Waals surface area contributed by atoms with Crippen LogP contribution in [0.15, 0.2) is 54.7 Å². The molecule has 1 saturated heterocycles. The van der Waals surface area contributed by atoms with Crippen molar-refractivity contribution in [1.29, 1.82) is 0 Å². The van der Waals surface area contributed by atoms with Crippen molar-refractivity contribution in [2.75, 3.05) is 25.1 Å². The van der Waals surface area contributed by atoms with Crippen LogP contribution in [0.3, 0.4) is 0 Å². The minimum absolute atomic E-state index is 0.0859. The van der Waals surface area contributed by atoms with Gasteiger partial charge in [-0.1, -0.05) is 35.9 Å². The molecule has 162 valence electrons. The van der Waals surface area contributed by atoms with E-state index in [1.165, 1.54) is 0 Å². The molecule has 0 radical (unpaired) electrons. The molecule has 0 aliphatic carbocycles. The van der Waals surface area contributed by atoms with Gasteiger partial charge in [-0.2, -0.15) is 0 Å². The average molecular weight is 423 g/mol. The van der Waals surface area contributed by atoms with Crippen molar-refractivity contribution in [3.63, 3.8) is 0 Å². The van der Waals surface area contributed by atoms with Crippen LogP contribution in [0, 0.1) is 6.92 Å². The minimum atomic E-state index is -1.08. The van der Waals surface area contributed by atoms with Gasteiger partial charge in [0.05, 0.1) is 25.3 Å². The molecule has 3 aromatic rings. The first-order valence-electron chi connectivity index (χ1n) is 10.4. The fraction of sp³-hybridized carbons (Fsp3) is 0.333. The van der Waals surface area contributed by atoms with Gasteiger partial charge in [-0.05, 0) is 42.5 Å². The molecular formula is C24H26FN3O3. The van der Waals surface area contributed by atoms with Crippen molar-refractivity contribution in [3.8, 4) is 0 Å². The number of carbonyl (C=O) groups is 1. The summed E-state index contributed by atoms with van der Waals surface area (Å²) >= 11 is 0. The number of nitrogens with one attached hydrogen (secondary N) is 2. The number of anilines is 1. The third kappa shape index (κ3) is 5.00. The Morgan fingerprint density at radius 3 is 2.77 bits per heavy atom. The van der Waals surface area contributed by atoms with Crippen LogP contribution in [0.2, 0.25) is 0 Å². The lowest BCUT2D eigenvalue weighted by atomic mass is 10.0. The number of amides is 1. The Morgan fingerprint density at radius 2 is 2.03 bits per heavy atom. The number of pyridine rings is 1. The molecule has 1 fully saturated rings. The van der Waals surface area contributed by atoms with Crippen LogP contribution in [-0.4, -0.2) is 48.0 Å². The number of carbonyl (C=O) groups excluding carboxylic acids is 1. The Morgan fingerprint density at radius 1 is 1.23 bits per heavy atom. The zero-order chi connectivity index (χ0) is 21.8. The third-order valence-electron chi connectivity index (χ3n) is 5.57. The predicted octanol–water partition coefficient (Wildman–Crippen LogP) is 3.55. The number of aryl methyl sites for hydroxylation is 1. The summed E-state index contributed by atoms with van der Waals surface area (Å²) < 4.78 is 19.2. The van der Waals surface area contributed by atoms with E-state index in [1.807, 2.05) is 43.3 Å². The number of ether oxygens (including phenoxy) is 1. The number of benzene rings is 2. The van der Waals surface area contributed by atoms with E-state index in [9.17, 15) is 14.3 Å². The van der Waals surface area contributed by atoms with Gasteiger partial charge in [0, 0.05) is 23.8 Å². The van der Waals surface area contributed by atoms with Crippen molar-refractivity contribution in [1.82, 2.24) is 10.3 Å². The van der Waals surface area contributed by atoms with E-state index < -0.39 is 12.2 Å². The molecule has 2 heterocycles. The number of nitrogens with zero attached hydrogens (tertiary/aromatic N) is 1. The topological polar surface area (TPSA) is 83.5 Å². The lowest BCUT2D eigenvalue weighted by Crippen LogP contribution is -2.39. The van der Waals surface area contributed by atoms with Gasteiger partial charge in [0.2, 0.25) is 0 Å². The number of rotatable bonds is 6. The highest BCUT2D eigenvalue weighted by Gasteiger charge is 2.25. The first kappa shape index (κ1) is 21.2. The van der Waals surface area contributed by atoms with Crippen molar-refractivity contribution >= 4 is 22.5 Å². The summed E-state index contributed by atoms with van der Waals surface area (Å²) in [5.74, 6) is 0.286. The molecule has 1 aromatic heterocycles. The van der Waals surface area contributed by atoms with Gasteiger partial charge in [-0.3, -0.25) is 4.79 Å². The van der Waals surface area contributed by atoms with Gasteiger partial charge in [-0.15, -0.1) is 0 Å². The van der Waals surface area contributed by atoms with Gasteiger partial charge in [-0.25, -0.2) is 9.37 Å². The van der Waals surface area contributed by atoms with Gasteiger partial charge in [0.15, 0.2) is 0 Å². The van der Waals surface area contributed by atoms with E-state index in [4.69, 9.17) is 4.74 Å². The van der Waals surface area contributed by atoms with Gasteiger partial charge >= 0.3 is 0 Å². The predicted molar refractivity (Wildman–Crippen MR) is 118 cm³/mol. The van der Waals surface area contributed by atoms with Crippen molar-refractivity contribution in [2.45, 2.75) is 31.6 Å². The van der Waals surface area contributed by atoms with Crippen LogP contribution in [-0.2, 0) is 4.74 Å². The lowest BCUT2D eigenvalue weighted by Gasteiger charge is -2.27. The van der Waals surface area contributed by atoms with Gasteiger partial charge in [0.1, 0.15) is 12.0 Å². The fourth-order valence-corrected chi connectivity index (χ4v) is 3.69. The van der Waals surface area contributed by atoms with Crippen LogP contribution in [0.25, 0.3) is 10.8 Å². The summed E-state index contributed by atoms with van der Waals surface area (Å²) in [6.45, 7) is 2.39. The maximum Gasteiger partial charge on any atom is 0.251 e. The second-order valence-electron chi connectivity index (χ2n) is 7.88. The standard InChI is InChI=1S/C24H26FN3O3/c1-15-2-4-16(5-3-15)22(13-29)28-24(30)17-6-7-18-12-26-23(11-19(18)10-17)27-21-8-9-31-14-20(21)25/h2-7,10-12,20-22,29H,8-9,13-14H2,1H3,(H,26,27)(H,28,30)/t20-,21+,22-/m1/s1. The van der Waals surface area contributed by atoms with E-state index in [1.54, 1.807) is 18.3 Å². The number of hydrogen-bond donors (Lipinski definition) is 3. The molecule has 31 heavy (non-hydrogen) atoms. The number of alkyl halides is 1. The molecule has 1 amide bonds. The highest BCUT2D eigenvalue weighted by molar-refractivity contribution is 5.99. The maximum atomic E-state index is 14.0. The maximum absolute atomic E-state index is 14.0. The highest BCUT2D eigenvalue weighted by atomic mass is 19.1. The molecule has 1 aliphatic heterocycles. The summed E-state index contributed by atoms with van der Waals surface area (Å²) in [6, 6.07) is 14.0. The Balaban J connectivity index is 1.51. The van der Waals surface area contributed by atoms with E-state index in [0.29, 0.717) is 24.4 Å². The van der Waals surface area contributed by atoms with E-state index in [-0.39, 0.29) is 25.2 Å². The molecule has 0 saturated carbocycles. The normalized spacial score (nSPS) is 19.7. The monoisotopic (exact) mass is 423 g/mol. The van der Waals surface area contributed by atoms with Crippen molar-refractivity contribution in [3.05, 3.63) is 71.4 Å². The lowest BCUT2D eigenvalue weighted by molar-refractivity contribution is 0.0285. The average Bonchev–Trinajstić information content (AvgIpc) is 2.79. The number of aromatic nitrogens is 1. The molecule has 0 spiro atoms. The summed E-state index contributed by atoms with van der Waals surface area (Å²) in [6.07, 6.45) is 1.19. The Kier molecular flexibility index (Phi) is 6.44. The number of hydrogen-bond acceptors (Lipinski definition) is 5. The first-order valence-corrected chi connectivity index (χ1v) is 10.4. The van der Waals surface area contributed by atoms with Gasteiger partial charge < -0.3 is 20.5 Å². The van der Waals surface area contributed by atoms with Crippen LogP contribution >= 0.6 is 0 Å². The second kappa shape index (κ2) is 9.41. The van der Waals surface area contributed by atoms with E-state index >= 15 is 0 Å². The van der Waals surface area contributed by atoms with E-state index in [0.717, 1.165) is 21.9 Å². The highest BCUT2D eigenvalue weighted by Crippen LogP contribution is 2.22. The number of fused-ring (bicyclic) bond motifs is 1. The smallest absolute Gasteiger partial charge is 0.251 e. The zero-order valence-electron chi connectivity index (χ0n) is 17.3. The quantitative estimate of drug-likeness (QED) is 0.565. The first-order chi connectivity index (χ1) is 15.0. The number of halogens is 1. The Hall–Kier alpha value is -3.03. The van der Waals surface area contributed by atoms with Gasteiger partial charge in [0.25, 0.3) is 5.91 Å². The second-order valence-corrected chi connectivity index (χ2v) is 7.88. The van der Waals surface area contributed by atoms with Crippen LogP contribution in [0.4, 0.5) is 10.2 Å². The van der Waals surface area contributed by atoms with Crippen molar-refractivity contribution in [2.24, 2.45) is 0 Å². The molecule has 7 heteroatoms. The SMILES string of the molecule is Cc1ccc([C@@H](CO)NC(=O)c2ccc3cnc(N[C@H]4CCOC[C@H]4F)cc3c2)cc1. The third-order valence-corrected chi connectivity index (χ3v) is 5.57. The minimum Gasteiger partial charge on any atom is -0.394 e. The summed E-state index contributed by atoms with van der Waals surface area (Å²) in [5.41, 5.74) is 2.43. The largest absolute Gasteiger partial charge is 0.394 e. The molecule has 6 nitrogen and oxygen atoms in total. The molecule has 0 unspecified atom stereocenters. The number of aliphatic hydroxyl groups excluding tert-OH is 1. The fourth-order valence-electron chi connectivity index (χ4n) is 3.69. The van der Waals surface area contributed by atoms with Crippen LogP contribution in [0.5, 0.6) is 0 Å². The molecule has 4 rings (SSSR count). The summed E-state index contributed by atoms with van der Waals surface area (Å²) in [4.78, 5) is 17.2. The Labute approximate surface area is 180 Å². The summed E-state index contributed by atoms with van der Waals surface area (Å²) in [7, 11) is 0. The molecule has 3 N–H and O–H groups in total. The molecule has 2 aromatic carbocycles. The molecule has 1 aliphatic rings. The Bertz CT molecular complexity index is 1060. The van der Waals surface area contributed by atoms with Crippen LogP contribution < -0.4 is 10.6 Å². The number of aliphatic hydroxyl groups is 1. The molecule has 3 atom stereocenters. The molecular weight excluding hydrogens is 397 g/mol. The van der Waals surface area contributed by atoms with Crippen LogP contribution in [0.1, 0.15) is 33.9 Å².